The molecule has 1 aliphatic carbocycles. The Labute approximate surface area is 102 Å². The number of hydrogen-bond acceptors (Lipinski definition) is 3. The van der Waals surface area contributed by atoms with Crippen LogP contribution in [0.1, 0.15) is 26.7 Å². The zero-order valence-electron chi connectivity index (χ0n) is 10.6. The molecule has 17 heavy (non-hydrogen) atoms. The topological polar surface area (TPSA) is 38.7 Å². The van der Waals surface area contributed by atoms with Crippen molar-refractivity contribution in [2.75, 3.05) is 7.11 Å². The van der Waals surface area contributed by atoms with Gasteiger partial charge in [0, 0.05) is 5.71 Å². The predicted molar refractivity (Wildman–Crippen MR) is 68.0 cm³/mol. The number of allylic oxidation sites excluding steroid dienone is 3. The van der Waals surface area contributed by atoms with E-state index in [4.69, 9.17) is 4.99 Å². The second-order valence-corrected chi connectivity index (χ2v) is 5.04. The van der Waals surface area contributed by atoms with Crippen LogP contribution in [0.15, 0.2) is 29.3 Å². The van der Waals surface area contributed by atoms with Crippen molar-refractivity contribution in [3.05, 3.63) is 24.3 Å². The quantitative estimate of drug-likeness (QED) is 0.543. The summed E-state index contributed by atoms with van der Waals surface area (Å²) in [4.78, 5) is 16.0. The lowest BCUT2D eigenvalue weighted by Crippen LogP contribution is -2.30. The molecular weight excluding hydrogens is 214 g/mol. The first-order chi connectivity index (χ1) is 8.05. The summed E-state index contributed by atoms with van der Waals surface area (Å²) in [5.74, 6) is 0.824. The van der Waals surface area contributed by atoms with Gasteiger partial charge in [0.2, 0.25) is 0 Å². The molecule has 3 heteroatoms. The predicted octanol–water partition coefficient (Wildman–Crippen LogP) is 2.53. The third kappa shape index (κ3) is 2.33. The van der Waals surface area contributed by atoms with E-state index in [2.05, 4.69) is 36.8 Å². The molecule has 2 aliphatic rings. The van der Waals surface area contributed by atoms with Gasteiger partial charge in [-0.3, -0.25) is 9.79 Å². The van der Waals surface area contributed by atoms with Crippen molar-refractivity contribution in [3.8, 4) is 0 Å². The minimum absolute atomic E-state index is 0.160. The molecule has 92 valence electrons. The Hall–Kier alpha value is -1.38. The van der Waals surface area contributed by atoms with Gasteiger partial charge in [0.15, 0.2) is 0 Å². The van der Waals surface area contributed by atoms with Crippen LogP contribution in [0.25, 0.3) is 0 Å². The maximum Gasteiger partial charge on any atom is 0.311 e. The second-order valence-electron chi connectivity index (χ2n) is 5.04. The number of fused-ring (bicyclic) bond motifs is 1. The maximum absolute atomic E-state index is 11.3. The number of nitrogens with zero attached hydrogens (tertiary/aromatic N) is 1. The van der Waals surface area contributed by atoms with Crippen molar-refractivity contribution < 1.29 is 9.53 Å². The summed E-state index contributed by atoms with van der Waals surface area (Å²) in [7, 11) is 1.41. The highest BCUT2D eigenvalue weighted by Crippen LogP contribution is 2.40. The zero-order valence-corrected chi connectivity index (χ0v) is 10.6. The molecular formula is C14H19NO2. The fourth-order valence-corrected chi connectivity index (χ4v) is 2.73. The van der Waals surface area contributed by atoms with Gasteiger partial charge < -0.3 is 4.74 Å². The van der Waals surface area contributed by atoms with Crippen LogP contribution in [0.3, 0.4) is 0 Å². The van der Waals surface area contributed by atoms with Gasteiger partial charge in [-0.1, -0.05) is 25.2 Å². The van der Waals surface area contributed by atoms with Crippen LogP contribution in [0.2, 0.25) is 0 Å². The van der Waals surface area contributed by atoms with Gasteiger partial charge in [-0.2, -0.15) is 0 Å². The molecule has 2 rings (SSSR count). The van der Waals surface area contributed by atoms with Crippen LogP contribution >= 0.6 is 0 Å². The molecule has 0 spiro atoms. The summed E-state index contributed by atoms with van der Waals surface area (Å²) in [6.07, 6.45) is 9.76. The largest absolute Gasteiger partial charge is 0.469 e. The third-order valence-corrected chi connectivity index (χ3v) is 3.76. The minimum Gasteiger partial charge on any atom is -0.469 e. The number of esters is 1. The Morgan fingerprint density at radius 1 is 1.65 bits per heavy atom. The third-order valence-electron chi connectivity index (χ3n) is 3.76. The average Bonchev–Trinajstić information content (AvgIpc) is 2.48. The van der Waals surface area contributed by atoms with Gasteiger partial charge in [-0.15, -0.1) is 0 Å². The van der Waals surface area contributed by atoms with E-state index in [1.54, 1.807) is 0 Å². The Balaban J connectivity index is 2.23. The van der Waals surface area contributed by atoms with Gasteiger partial charge >= 0.3 is 5.97 Å². The first-order valence-electron chi connectivity index (χ1n) is 6.06. The summed E-state index contributed by atoms with van der Waals surface area (Å²) in [6.45, 7) is 4.36. The molecule has 0 aromatic heterocycles. The number of carbonyl (C=O) groups is 1. The van der Waals surface area contributed by atoms with Gasteiger partial charge in [0.1, 0.15) is 0 Å². The van der Waals surface area contributed by atoms with Gasteiger partial charge in [-0.25, -0.2) is 0 Å². The van der Waals surface area contributed by atoms with Crippen LogP contribution in [-0.2, 0) is 9.53 Å². The smallest absolute Gasteiger partial charge is 0.311 e. The van der Waals surface area contributed by atoms with Gasteiger partial charge in [0.25, 0.3) is 0 Å². The molecule has 0 aromatic rings. The summed E-state index contributed by atoms with van der Waals surface area (Å²) in [5, 5.41) is 0. The lowest BCUT2D eigenvalue weighted by atomic mass is 9.82. The normalized spacial score (nSPS) is 35.1. The van der Waals surface area contributed by atoms with Crippen LogP contribution < -0.4 is 0 Å². The number of carbonyl (C=O) groups excluding carboxylic acids is 1. The summed E-state index contributed by atoms with van der Waals surface area (Å²) in [6, 6.07) is 0. The van der Waals surface area contributed by atoms with Crippen LogP contribution in [0, 0.1) is 11.8 Å². The standard InChI is InChI=1S/C14H19NO2/c1-10-7-8-14(2)12(10)6-4-5-11(15-14)9-13(16)17-3/h4-5,7-8,10,12H,6,9H2,1-3H3/t10?,12-,14+/m1/s1. The molecule has 0 saturated carbocycles. The van der Waals surface area contributed by atoms with E-state index in [1.807, 2.05) is 6.08 Å². The number of hydrogen-bond donors (Lipinski definition) is 0. The van der Waals surface area contributed by atoms with Crippen molar-refractivity contribution >= 4 is 11.7 Å². The molecule has 0 radical (unpaired) electrons. The van der Waals surface area contributed by atoms with Crippen LogP contribution in [0.4, 0.5) is 0 Å². The lowest BCUT2D eigenvalue weighted by Gasteiger charge is -2.28. The van der Waals surface area contributed by atoms with Crippen LogP contribution in [-0.4, -0.2) is 24.3 Å². The molecule has 0 saturated heterocycles. The van der Waals surface area contributed by atoms with E-state index in [9.17, 15) is 4.79 Å². The fraction of sp³-hybridized carbons (Fsp3) is 0.571. The van der Waals surface area contributed by atoms with E-state index in [0.717, 1.165) is 12.1 Å². The highest BCUT2D eigenvalue weighted by atomic mass is 16.5. The fourth-order valence-electron chi connectivity index (χ4n) is 2.73. The van der Waals surface area contributed by atoms with E-state index in [0.29, 0.717) is 11.8 Å². The SMILES string of the molecule is COC(=O)CC1=N[C@@]2(C)C=CC(C)[C@H]2CC=C1. The molecule has 1 unspecified atom stereocenters. The number of aliphatic imine (C=N–C) groups is 1. The molecule has 0 amide bonds. The second kappa shape index (κ2) is 4.47. The highest BCUT2D eigenvalue weighted by molar-refractivity contribution is 6.06. The average molecular weight is 233 g/mol. The Kier molecular flexibility index (Phi) is 3.18. The monoisotopic (exact) mass is 233 g/mol. The molecule has 3 atom stereocenters. The number of rotatable bonds is 2. The van der Waals surface area contributed by atoms with Crippen molar-refractivity contribution in [2.45, 2.75) is 32.2 Å². The molecule has 3 nitrogen and oxygen atoms in total. The molecule has 1 heterocycles. The van der Waals surface area contributed by atoms with E-state index in [-0.39, 0.29) is 17.9 Å². The first kappa shape index (κ1) is 12.1. The van der Waals surface area contributed by atoms with E-state index >= 15 is 0 Å². The molecule has 1 aliphatic heterocycles. The highest BCUT2D eigenvalue weighted by Gasteiger charge is 2.39. The Morgan fingerprint density at radius 3 is 3.12 bits per heavy atom. The van der Waals surface area contributed by atoms with E-state index < -0.39 is 0 Å². The summed E-state index contributed by atoms with van der Waals surface area (Å²) < 4.78 is 4.69. The van der Waals surface area contributed by atoms with Crippen molar-refractivity contribution in [1.29, 1.82) is 0 Å². The summed E-state index contributed by atoms with van der Waals surface area (Å²) >= 11 is 0. The molecule has 0 fully saturated rings. The molecule has 0 aromatic carbocycles. The van der Waals surface area contributed by atoms with Crippen molar-refractivity contribution in [2.24, 2.45) is 16.8 Å². The summed E-state index contributed by atoms with van der Waals surface area (Å²) in [5.41, 5.74) is 0.660. The number of methoxy groups -OCH3 is 1. The zero-order chi connectivity index (χ0) is 12.5. The van der Waals surface area contributed by atoms with Crippen molar-refractivity contribution in [1.82, 2.24) is 0 Å². The van der Waals surface area contributed by atoms with E-state index in [1.165, 1.54) is 7.11 Å². The first-order valence-corrected chi connectivity index (χ1v) is 6.06. The number of ether oxygens (including phenoxy) is 1. The molecule has 0 bridgehead atoms. The van der Waals surface area contributed by atoms with Crippen LogP contribution in [0.5, 0.6) is 0 Å². The minimum atomic E-state index is -0.231. The molecule has 0 N–H and O–H groups in total. The van der Waals surface area contributed by atoms with Crippen molar-refractivity contribution in [3.63, 3.8) is 0 Å². The Bertz CT molecular complexity index is 408. The Morgan fingerprint density at radius 2 is 2.41 bits per heavy atom. The van der Waals surface area contributed by atoms with Gasteiger partial charge in [0.05, 0.1) is 19.1 Å². The maximum atomic E-state index is 11.3. The van der Waals surface area contributed by atoms with Gasteiger partial charge in [-0.05, 0) is 31.3 Å². The lowest BCUT2D eigenvalue weighted by molar-refractivity contribution is -0.139.